The van der Waals surface area contributed by atoms with E-state index in [2.05, 4.69) is 18.8 Å². The van der Waals surface area contributed by atoms with E-state index in [1.54, 1.807) is 7.11 Å². The maximum absolute atomic E-state index is 5.95. The minimum Gasteiger partial charge on any atom is -0.496 e. The highest BCUT2D eigenvalue weighted by Gasteiger charge is 2.17. The van der Waals surface area contributed by atoms with Gasteiger partial charge < -0.3 is 15.2 Å². The third-order valence-electron chi connectivity index (χ3n) is 3.60. The predicted octanol–water partition coefficient (Wildman–Crippen LogP) is 4.67. The molecule has 1 aromatic heterocycles. The van der Waals surface area contributed by atoms with Crippen LogP contribution in [0.4, 0.5) is 5.13 Å². The summed E-state index contributed by atoms with van der Waals surface area (Å²) in [5.74, 6) is 0.816. The molecule has 1 unspecified atom stereocenters. The van der Waals surface area contributed by atoms with E-state index in [0.29, 0.717) is 5.13 Å². The van der Waals surface area contributed by atoms with Gasteiger partial charge in [-0.1, -0.05) is 31.9 Å². The minimum atomic E-state index is -0.0114. The molecular formula is C17H24N2O2S. The average molecular weight is 320 g/mol. The number of anilines is 1. The molecule has 0 saturated carbocycles. The Labute approximate surface area is 136 Å². The lowest BCUT2D eigenvalue weighted by atomic mass is 10.0. The van der Waals surface area contributed by atoms with Crippen molar-refractivity contribution >= 4 is 16.5 Å². The highest BCUT2D eigenvalue weighted by molar-refractivity contribution is 7.13. The summed E-state index contributed by atoms with van der Waals surface area (Å²) in [6.07, 6.45) is 3.47. The van der Waals surface area contributed by atoms with Crippen molar-refractivity contribution in [3.63, 3.8) is 0 Å². The molecule has 0 aliphatic heterocycles. The number of thiazole rings is 1. The van der Waals surface area contributed by atoms with Gasteiger partial charge in [-0.15, -0.1) is 11.3 Å². The summed E-state index contributed by atoms with van der Waals surface area (Å²) in [6, 6.07) is 6.05. The van der Waals surface area contributed by atoms with E-state index in [1.807, 2.05) is 23.6 Å². The average Bonchev–Trinajstić information content (AvgIpc) is 2.96. The van der Waals surface area contributed by atoms with Gasteiger partial charge in [0.05, 0.1) is 18.9 Å². The summed E-state index contributed by atoms with van der Waals surface area (Å²) in [5, 5.41) is 2.51. The molecule has 0 radical (unpaired) electrons. The number of methoxy groups -OCH3 is 1. The molecule has 0 spiro atoms. The van der Waals surface area contributed by atoms with Crippen LogP contribution in [0.3, 0.4) is 0 Å². The fourth-order valence-electron chi connectivity index (χ4n) is 2.42. The molecule has 4 nitrogen and oxygen atoms in total. The third-order valence-corrected chi connectivity index (χ3v) is 4.28. The summed E-state index contributed by atoms with van der Waals surface area (Å²) in [4.78, 5) is 4.35. The van der Waals surface area contributed by atoms with Gasteiger partial charge in [-0.3, -0.25) is 0 Å². The number of nitrogen functional groups attached to an aromatic ring is 1. The molecule has 5 heteroatoms. The Hall–Kier alpha value is -1.59. The fraction of sp³-hybridized carbons (Fsp3) is 0.471. The van der Waals surface area contributed by atoms with Crippen LogP contribution in [0, 0.1) is 0 Å². The molecule has 2 N–H and O–H groups in total. The van der Waals surface area contributed by atoms with E-state index in [-0.39, 0.29) is 6.10 Å². The van der Waals surface area contributed by atoms with Crippen molar-refractivity contribution in [2.75, 3.05) is 19.5 Å². The lowest BCUT2D eigenvalue weighted by molar-refractivity contribution is 0.0613. The maximum atomic E-state index is 5.95. The highest BCUT2D eigenvalue weighted by atomic mass is 32.1. The summed E-state index contributed by atoms with van der Waals surface area (Å²) in [6.45, 7) is 5.02. The molecule has 0 fully saturated rings. The number of nitrogens with zero attached hydrogens (tertiary/aromatic N) is 1. The molecule has 2 aromatic rings. The zero-order valence-electron chi connectivity index (χ0n) is 13.5. The number of hydrogen-bond donors (Lipinski definition) is 1. The molecule has 0 amide bonds. The molecule has 1 aromatic carbocycles. The Morgan fingerprint density at radius 2 is 2.14 bits per heavy atom. The van der Waals surface area contributed by atoms with Crippen LogP contribution in [0.2, 0.25) is 0 Å². The number of aromatic nitrogens is 1. The predicted molar refractivity (Wildman–Crippen MR) is 92.4 cm³/mol. The van der Waals surface area contributed by atoms with Crippen molar-refractivity contribution in [1.29, 1.82) is 0 Å². The molecule has 0 aliphatic rings. The molecule has 120 valence electrons. The second-order valence-electron chi connectivity index (χ2n) is 5.22. The van der Waals surface area contributed by atoms with Crippen LogP contribution in [0.1, 0.15) is 44.8 Å². The molecule has 0 saturated heterocycles. The van der Waals surface area contributed by atoms with Gasteiger partial charge in [0.2, 0.25) is 0 Å². The normalized spacial score (nSPS) is 12.3. The van der Waals surface area contributed by atoms with E-state index in [4.69, 9.17) is 15.2 Å². The Morgan fingerprint density at radius 1 is 1.32 bits per heavy atom. The van der Waals surface area contributed by atoms with Crippen molar-refractivity contribution in [2.45, 2.75) is 39.2 Å². The van der Waals surface area contributed by atoms with E-state index >= 15 is 0 Å². The van der Waals surface area contributed by atoms with Gasteiger partial charge in [-0.05, 0) is 19.4 Å². The molecule has 1 atom stereocenters. The van der Waals surface area contributed by atoms with Crippen LogP contribution in [-0.4, -0.2) is 18.7 Å². The second kappa shape index (κ2) is 8.15. The molecule has 1 heterocycles. The third kappa shape index (κ3) is 3.99. The van der Waals surface area contributed by atoms with Crippen LogP contribution < -0.4 is 10.5 Å². The number of ether oxygens (including phenoxy) is 2. The van der Waals surface area contributed by atoms with Gasteiger partial charge in [-0.2, -0.15) is 0 Å². The lowest BCUT2D eigenvalue weighted by Gasteiger charge is -2.18. The Kier molecular flexibility index (Phi) is 6.21. The zero-order chi connectivity index (χ0) is 15.9. The minimum absolute atomic E-state index is 0.0114. The summed E-state index contributed by atoms with van der Waals surface area (Å²) in [5.41, 5.74) is 8.59. The standard InChI is InChI=1S/C17H24N2O2S/c1-4-5-6-10-21-12(2)13-8-7-9-14(16(13)20-3)15-11-22-17(18)19-15/h7-9,11-12H,4-6,10H2,1-3H3,(H2,18,19). The van der Waals surface area contributed by atoms with Gasteiger partial charge in [0.25, 0.3) is 0 Å². The van der Waals surface area contributed by atoms with Gasteiger partial charge in [0, 0.05) is 23.1 Å². The van der Waals surface area contributed by atoms with Crippen LogP contribution in [-0.2, 0) is 4.74 Å². The summed E-state index contributed by atoms with van der Waals surface area (Å²) < 4.78 is 11.6. The van der Waals surface area contributed by atoms with Gasteiger partial charge >= 0.3 is 0 Å². The van der Waals surface area contributed by atoms with Gasteiger partial charge in [-0.25, -0.2) is 4.98 Å². The first-order valence-corrected chi connectivity index (χ1v) is 8.55. The van der Waals surface area contributed by atoms with Gasteiger partial charge in [0.15, 0.2) is 5.13 Å². The quantitative estimate of drug-likeness (QED) is 0.718. The summed E-state index contributed by atoms with van der Waals surface area (Å²) >= 11 is 1.43. The molecular weight excluding hydrogens is 296 g/mol. The van der Waals surface area contributed by atoms with Crippen LogP contribution in [0.5, 0.6) is 5.75 Å². The number of para-hydroxylation sites is 1. The summed E-state index contributed by atoms with van der Waals surface area (Å²) in [7, 11) is 1.68. The van der Waals surface area contributed by atoms with Crippen molar-refractivity contribution in [3.05, 3.63) is 29.1 Å². The molecule has 0 bridgehead atoms. The zero-order valence-corrected chi connectivity index (χ0v) is 14.3. The first kappa shape index (κ1) is 16.8. The molecule has 22 heavy (non-hydrogen) atoms. The van der Waals surface area contributed by atoms with Crippen molar-refractivity contribution in [2.24, 2.45) is 0 Å². The Bertz CT molecular complexity index is 598. The number of rotatable bonds is 8. The van der Waals surface area contributed by atoms with Crippen LogP contribution in [0.15, 0.2) is 23.6 Å². The lowest BCUT2D eigenvalue weighted by Crippen LogP contribution is -2.05. The van der Waals surface area contributed by atoms with Gasteiger partial charge in [0.1, 0.15) is 5.75 Å². The van der Waals surface area contributed by atoms with Crippen molar-refractivity contribution < 1.29 is 9.47 Å². The smallest absolute Gasteiger partial charge is 0.180 e. The topological polar surface area (TPSA) is 57.4 Å². The van der Waals surface area contributed by atoms with E-state index < -0.39 is 0 Å². The number of benzene rings is 1. The molecule has 2 rings (SSSR count). The highest BCUT2D eigenvalue weighted by Crippen LogP contribution is 2.37. The Morgan fingerprint density at radius 3 is 2.77 bits per heavy atom. The van der Waals surface area contributed by atoms with Crippen LogP contribution >= 0.6 is 11.3 Å². The van der Waals surface area contributed by atoms with E-state index in [0.717, 1.165) is 35.6 Å². The second-order valence-corrected chi connectivity index (χ2v) is 6.11. The molecule has 0 aliphatic carbocycles. The SMILES string of the molecule is CCCCCOC(C)c1cccc(-c2csc(N)n2)c1OC. The van der Waals surface area contributed by atoms with E-state index in [9.17, 15) is 0 Å². The largest absolute Gasteiger partial charge is 0.496 e. The Balaban J connectivity index is 2.21. The first-order valence-electron chi connectivity index (χ1n) is 7.67. The van der Waals surface area contributed by atoms with Crippen LogP contribution in [0.25, 0.3) is 11.3 Å². The van der Waals surface area contributed by atoms with Crippen molar-refractivity contribution in [1.82, 2.24) is 4.98 Å². The van der Waals surface area contributed by atoms with Crippen molar-refractivity contribution in [3.8, 4) is 17.0 Å². The monoisotopic (exact) mass is 320 g/mol. The number of hydrogen-bond acceptors (Lipinski definition) is 5. The number of nitrogens with two attached hydrogens (primary N) is 1. The fourth-order valence-corrected chi connectivity index (χ4v) is 2.98. The first-order chi connectivity index (χ1) is 10.7. The number of unbranched alkanes of at least 4 members (excludes halogenated alkanes) is 2. The maximum Gasteiger partial charge on any atom is 0.180 e. The van der Waals surface area contributed by atoms with E-state index in [1.165, 1.54) is 24.2 Å².